The van der Waals surface area contributed by atoms with E-state index in [1.165, 1.54) is 0 Å². The lowest BCUT2D eigenvalue weighted by Crippen LogP contribution is -2.03. The Balaban J connectivity index is 2.13. The molecule has 4 nitrogen and oxygen atoms in total. The smallest absolute Gasteiger partial charge is 0.164 e. The molecule has 2 aromatic rings. The lowest BCUT2D eigenvalue weighted by atomic mass is 10.1. The van der Waals surface area contributed by atoms with Crippen LogP contribution in [0.5, 0.6) is 0 Å². The van der Waals surface area contributed by atoms with Crippen molar-refractivity contribution in [3.8, 4) is 11.4 Å². The quantitative estimate of drug-likeness (QED) is 0.926. The second-order valence-corrected chi connectivity index (χ2v) is 5.15. The Labute approximate surface area is 110 Å². The largest absolute Gasteiger partial charge is 0.388 e. The zero-order chi connectivity index (χ0) is 12.7. The van der Waals surface area contributed by atoms with Gasteiger partial charge < -0.3 is 9.67 Å². The van der Waals surface area contributed by atoms with Crippen LogP contribution in [0.1, 0.15) is 30.3 Å². The molecule has 0 saturated heterocycles. The fourth-order valence-electron chi connectivity index (χ4n) is 2.21. The monoisotopic (exact) mass is 263 g/mol. The van der Waals surface area contributed by atoms with Gasteiger partial charge in [0.1, 0.15) is 6.61 Å². The van der Waals surface area contributed by atoms with Crippen molar-refractivity contribution in [2.45, 2.75) is 32.4 Å². The van der Waals surface area contributed by atoms with Gasteiger partial charge in [0, 0.05) is 16.6 Å². The number of aromatic nitrogens is 3. The zero-order valence-corrected chi connectivity index (χ0v) is 10.9. The number of aryl methyl sites for hydroxylation is 1. The third kappa shape index (κ3) is 2.02. The maximum Gasteiger partial charge on any atom is 0.164 e. The van der Waals surface area contributed by atoms with E-state index in [-0.39, 0.29) is 6.61 Å². The van der Waals surface area contributed by atoms with Crippen LogP contribution in [-0.4, -0.2) is 19.9 Å². The highest BCUT2D eigenvalue weighted by Gasteiger charge is 2.29. The maximum atomic E-state index is 9.32. The number of hydrogen-bond acceptors (Lipinski definition) is 3. The lowest BCUT2D eigenvalue weighted by Gasteiger charge is -2.08. The molecule has 0 spiro atoms. The summed E-state index contributed by atoms with van der Waals surface area (Å²) in [6.07, 6.45) is 2.25. The molecule has 1 aromatic carbocycles. The summed E-state index contributed by atoms with van der Waals surface area (Å²) in [6.45, 7) is 1.92. The van der Waals surface area contributed by atoms with Gasteiger partial charge >= 0.3 is 0 Å². The van der Waals surface area contributed by atoms with Crippen LogP contribution in [0.3, 0.4) is 0 Å². The van der Waals surface area contributed by atoms with Crippen molar-refractivity contribution in [2.75, 3.05) is 0 Å². The topological polar surface area (TPSA) is 50.9 Å². The number of aliphatic hydroxyl groups is 1. The molecule has 1 heterocycles. The van der Waals surface area contributed by atoms with Gasteiger partial charge in [0.05, 0.1) is 0 Å². The van der Waals surface area contributed by atoms with Crippen LogP contribution in [0.2, 0.25) is 5.02 Å². The Morgan fingerprint density at radius 2 is 2.11 bits per heavy atom. The standard InChI is InChI=1S/C13H14ClN3O/c1-8-4-9(6-10(14)5-8)13-16-15-12(7-18)17(13)11-2-3-11/h4-6,11,18H,2-3,7H2,1H3. The molecule has 0 radical (unpaired) electrons. The second-order valence-electron chi connectivity index (χ2n) is 4.72. The maximum absolute atomic E-state index is 9.32. The van der Waals surface area contributed by atoms with Crippen LogP contribution in [-0.2, 0) is 6.61 Å². The molecule has 3 rings (SSSR count). The first kappa shape index (κ1) is 11.7. The van der Waals surface area contributed by atoms with Crippen molar-refractivity contribution in [1.29, 1.82) is 0 Å². The summed E-state index contributed by atoms with van der Waals surface area (Å²) in [5.74, 6) is 1.43. The predicted molar refractivity (Wildman–Crippen MR) is 69.4 cm³/mol. The molecule has 0 amide bonds. The van der Waals surface area contributed by atoms with E-state index in [0.717, 1.165) is 29.8 Å². The Bertz CT molecular complexity index is 570. The van der Waals surface area contributed by atoms with Crippen LogP contribution in [0, 0.1) is 6.92 Å². The van der Waals surface area contributed by atoms with Crippen molar-refractivity contribution < 1.29 is 5.11 Å². The number of hydrogen-bond donors (Lipinski definition) is 1. The van der Waals surface area contributed by atoms with Gasteiger partial charge in [-0.3, -0.25) is 0 Å². The van der Waals surface area contributed by atoms with E-state index in [0.29, 0.717) is 16.9 Å². The third-order valence-electron chi connectivity index (χ3n) is 3.12. The Kier molecular flexibility index (Phi) is 2.84. The highest BCUT2D eigenvalue weighted by molar-refractivity contribution is 6.30. The summed E-state index contributed by atoms with van der Waals surface area (Å²) >= 11 is 6.08. The van der Waals surface area contributed by atoms with E-state index >= 15 is 0 Å². The Morgan fingerprint density at radius 3 is 2.72 bits per heavy atom. The summed E-state index contributed by atoms with van der Waals surface area (Å²) in [4.78, 5) is 0. The Morgan fingerprint density at radius 1 is 1.33 bits per heavy atom. The van der Waals surface area contributed by atoms with Gasteiger partial charge in [-0.2, -0.15) is 0 Å². The lowest BCUT2D eigenvalue weighted by molar-refractivity contribution is 0.265. The van der Waals surface area contributed by atoms with Crippen LogP contribution in [0.25, 0.3) is 11.4 Å². The van der Waals surface area contributed by atoms with Crippen molar-refractivity contribution in [3.05, 3.63) is 34.6 Å². The molecule has 0 aliphatic heterocycles. The van der Waals surface area contributed by atoms with Gasteiger partial charge in [0.25, 0.3) is 0 Å². The first-order valence-corrected chi connectivity index (χ1v) is 6.39. The van der Waals surface area contributed by atoms with Gasteiger partial charge in [-0.15, -0.1) is 10.2 Å². The van der Waals surface area contributed by atoms with Crippen molar-refractivity contribution >= 4 is 11.6 Å². The van der Waals surface area contributed by atoms with Crippen LogP contribution in [0.4, 0.5) is 0 Å². The van der Waals surface area contributed by atoms with Gasteiger partial charge in [0.2, 0.25) is 0 Å². The van der Waals surface area contributed by atoms with Crippen LogP contribution < -0.4 is 0 Å². The first-order chi connectivity index (χ1) is 8.69. The Hall–Kier alpha value is -1.39. The fourth-order valence-corrected chi connectivity index (χ4v) is 2.50. The minimum Gasteiger partial charge on any atom is -0.388 e. The van der Waals surface area contributed by atoms with Crippen molar-refractivity contribution in [3.63, 3.8) is 0 Å². The molecular formula is C13H14ClN3O. The van der Waals surface area contributed by atoms with E-state index in [1.54, 1.807) is 0 Å². The molecule has 5 heteroatoms. The van der Waals surface area contributed by atoms with E-state index < -0.39 is 0 Å². The highest BCUT2D eigenvalue weighted by atomic mass is 35.5. The average molecular weight is 264 g/mol. The molecule has 1 aliphatic carbocycles. The number of benzene rings is 1. The summed E-state index contributed by atoms with van der Waals surface area (Å²) < 4.78 is 2.03. The molecule has 1 aromatic heterocycles. The van der Waals surface area contributed by atoms with Crippen molar-refractivity contribution in [2.24, 2.45) is 0 Å². The second kappa shape index (κ2) is 4.37. The summed E-state index contributed by atoms with van der Waals surface area (Å²) in [6, 6.07) is 6.26. The number of nitrogens with zero attached hydrogens (tertiary/aromatic N) is 3. The van der Waals surface area contributed by atoms with Crippen LogP contribution in [0.15, 0.2) is 18.2 Å². The minimum absolute atomic E-state index is 0.0803. The van der Waals surface area contributed by atoms with Gasteiger partial charge in [0.15, 0.2) is 11.6 Å². The molecule has 1 aliphatic rings. The molecule has 94 valence electrons. The molecular weight excluding hydrogens is 250 g/mol. The highest BCUT2D eigenvalue weighted by Crippen LogP contribution is 2.39. The molecule has 18 heavy (non-hydrogen) atoms. The molecule has 1 saturated carbocycles. The number of aliphatic hydroxyl groups excluding tert-OH is 1. The fraction of sp³-hybridized carbons (Fsp3) is 0.385. The summed E-state index contributed by atoms with van der Waals surface area (Å²) in [5, 5.41) is 18.3. The molecule has 0 bridgehead atoms. The van der Waals surface area contributed by atoms with E-state index in [2.05, 4.69) is 10.2 Å². The SMILES string of the molecule is Cc1cc(Cl)cc(-c2nnc(CO)n2C2CC2)c1. The first-order valence-electron chi connectivity index (χ1n) is 6.01. The van der Waals surface area contributed by atoms with Crippen molar-refractivity contribution in [1.82, 2.24) is 14.8 Å². The van der Waals surface area contributed by atoms with Crippen LogP contribution >= 0.6 is 11.6 Å². The number of rotatable bonds is 3. The molecule has 1 N–H and O–H groups in total. The average Bonchev–Trinajstić information content (AvgIpc) is 3.07. The van der Waals surface area contributed by atoms with Gasteiger partial charge in [-0.1, -0.05) is 11.6 Å². The predicted octanol–water partition coefficient (Wildman–Crippen LogP) is 2.73. The van der Waals surface area contributed by atoms with Gasteiger partial charge in [-0.05, 0) is 43.5 Å². The van der Waals surface area contributed by atoms with Gasteiger partial charge in [-0.25, -0.2) is 0 Å². The summed E-state index contributed by atoms with van der Waals surface area (Å²) in [7, 11) is 0. The zero-order valence-electron chi connectivity index (χ0n) is 10.1. The normalized spacial score (nSPS) is 15.1. The van der Waals surface area contributed by atoms with E-state index in [1.807, 2.05) is 29.7 Å². The van der Waals surface area contributed by atoms with E-state index in [9.17, 15) is 5.11 Å². The summed E-state index contributed by atoms with van der Waals surface area (Å²) in [5.41, 5.74) is 2.05. The third-order valence-corrected chi connectivity index (χ3v) is 3.34. The molecule has 0 atom stereocenters. The number of halogens is 1. The minimum atomic E-state index is -0.0803. The molecule has 0 unspecified atom stereocenters. The van der Waals surface area contributed by atoms with E-state index in [4.69, 9.17) is 11.6 Å². The molecule has 1 fully saturated rings.